The SMILES string of the molecule is O=S(=O)(O)C(C(F)(F)F)(C(F)(F)F)C(F)(F)F. The summed E-state index contributed by atoms with van der Waals surface area (Å²) in [6.45, 7) is 0. The number of rotatable bonds is 1. The summed E-state index contributed by atoms with van der Waals surface area (Å²) in [4.78, 5) is 0. The van der Waals surface area contributed by atoms with E-state index in [9.17, 15) is 47.9 Å². The Bertz CT molecular complexity index is 348. The first-order chi connectivity index (χ1) is 7.00. The third-order valence-corrected chi connectivity index (χ3v) is 3.05. The monoisotopic (exact) mass is 300 g/mol. The van der Waals surface area contributed by atoms with Crippen molar-refractivity contribution in [3.8, 4) is 0 Å². The van der Waals surface area contributed by atoms with Gasteiger partial charge in [-0.1, -0.05) is 0 Å². The maximum atomic E-state index is 11.9. The molecule has 0 aliphatic carbocycles. The van der Waals surface area contributed by atoms with Gasteiger partial charge in [-0.05, 0) is 0 Å². The van der Waals surface area contributed by atoms with Crippen molar-refractivity contribution in [1.29, 1.82) is 0 Å². The molecule has 13 heteroatoms. The van der Waals surface area contributed by atoms with Crippen molar-refractivity contribution in [1.82, 2.24) is 0 Å². The van der Waals surface area contributed by atoms with Crippen molar-refractivity contribution in [2.75, 3.05) is 0 Å². The van der Waals surface area contributed by atoms with E-state index in [0.29, 0.717) is 0 Å². The second kappa shape index (κ2) is 3.63. The summed E-state index contributed by atoms with van der Waals surface area (Å²) in [7, 11) is -7.57. The molecule has 0 amide bonds. The van der Waals surface area contributed by atoms with Gasteiger partial charge in [0, 0.05) is 0 Å². The van der Waals surface area contributed by atoms with Crippen LogP contribution in [0.15, 0.2) is 0 Å². The van der Waals surface area contributed by atoms with E-state index in [1.807, 2.05) is 0 Å². The fourth-order valence-electron chi connectivity index (χ4n) is 0.921. The minimum absolute atomic E-state index is 7.22. The van der Waals surface area contributed by atoms with Gasteiger partial charge in [-0.15, -0.1) is 0 Å². The van der Waals surface area contributed by atoms with Crippen LogP contribution in [0.4, 0.5) is 39.5 Å². The summed E-state index contributed by atoms with van der Waals surface area (Å²) >= 11 is 0. The average molecular weight is 300 g/mol. The Balaban J connectivity index is 6.60. The lowest BCUT2D eigenvalue weighted by Crippen LogP contribution is -2.70. The number of hydrogen-bond acceptors (Lipinski definition) is 2. The molecule has 0 aromatic heterocycles. The summed E-state index contributed by atoms with van der Waals surface area (Å²) < 4.78 is 127. The van der Waals surface area contributed by atoms with Gasteiger partial charge in [0.1, 0.15) is 0 Å². The molecule has 0 spiro atoms. The molecule has 0 radical (unpaired) electrons. The second-order valence-corrected chi connectivity index (χ2v) is 4.21. The van der Waals surface area contributed by atoms with Gasteiger partial charge < -0.3 is 0 Å². The average Bonchev–Trinajstić information content (AvgIpc) is 1.67. The minimum Gasteiger partial charge on any atom is -0.284 e. The van der Waals surface area contributed by atoms with Crippen LogP contribution in [0.2, 0.25) is 0 Å². The van der Waals surface area contributed by atoms with E-state index in [4.69, 9.17) is 4.55 Å². The van der Waals surface area contributed by atoms with Gasteiger partial charge in [0.25, 0.3) is 10.1 Å². The zero-order valence-corrected chi connectivity index (χ0v) is 7.89. The summed E-state index contributed by atoms with van der Waals surface area (Å²) in [6.07, 6.45) is -22.0. The van der Waals surface area contributed by atoms with Crippen LogP contribution in [-0.4, -0.2) is 36.2 Å². The molecule has 0 unspecified atom stereocenters. The molecule has 0 bridgehead atoms. The van der Waals surface area contributed by atoms with Crippen LogP contribution in [0.3, 0.4) is 0 Å². The molecule has 0 heterocycles. The Kier molecular flexibility index (Phi) is 3.48. The highest BCUT2D eigenvalue weighted by Gasteiger charge is 2.91. The largest absolute Gasteiger partial charge is 0.428 e. The molecule has 1 N–H and O–H groups in total. The fraction of sp³-hybridized carbons (Fsp3) is 1.00. The normalized spacial score (nSPS) is 16.1. The lowest BCUT2D eigenvalue weighted by molar-refractivity contribution is -0.349. The van der Waals surface area contributed by atoms with E-state index in [-0.39, 0.29) is 0 Å². The number of alkyl halides is 9. The molecular weight excluding hydrogens is 299 g/mol. The predicted octanol–water partition coefficient (Wildman–Crippen LogP) is 2.30. The lowest BCUT2D eigenvalue weighted by atomic mass is 10.1. The zero-order valence-electron chi connectivity index (χ0n) is 7.07. The smallest absolute Gasteiger partial charge is 0.284 e. The predicted molar refractivity (Wildman–Crippen MR) is 32.4 cm³/mol. The Hall–Kier alpha value is -0.720. The van der Waals surface area contributed by atoms with E-state index < -0.39 is 33.4 Å². The summed E-state index contributed by atoms with van der Waals surface area (Å²) in [5.74, 6) is 0. The van der Waals surface area contributed by atoms with Crippen LogP contribution in [0, 0.1) is 0 Å². The first-order valence-electron chi connectivity index (χ1n) is 3.17. The van der Waals surface area contributed by atoms with Crippen molar-refractivity contribution in [3.63, 3.8) is 0 Å². The Morgan fingerprint density at radius 3 is 0.824 bits per heavy atom. The molecule has 0 aliphatic heterocycles. The van der Waals surface area contributed by atoms with Crippen LogP contribution in [0.25, 0.3) is 0 Å². The molecule has 104 valence electrons. The van der Waals surface area contributed by atoms with Crippen molar-refractivity contribution in [2.45, 2.75) is 23.3 Å². The molecule has 3 nitrogen and oxygen atoms in total. The lowest BCUT2D eigenvalue weighted by Gasteiger charge is -2.35. The topological polar surface area (TPSA) is 54.4 Å². The van der Waals surface area contributed by atoms with Gasteiger partial charge in [-0.3, -0.25) is 4.55 Å². The zero-order chi connectivity index (χ0) is 14.5. The summed E-state index contributed by atoms with van der Waals surface area (Å²) in [5, 5.41) is 0. The standard InChI is InChI=1S/C4HF9O3S/c5-2(6,7)1(3(8,9)10,4(11,12)13)17(14,15)16/h(H,14,15,16). The first kappa shape index (κ1) is 16.3. The molecular formula is C4HF9O3S. The Morgan fingerprint density at radius 2 is 0.824 bits per heavy atom. The maximum Gasteiger partial charge on any atom is 0.428 e. The van der Waals surface area contributed by atoms with Crippen molar-refractivity contribution >= 4 is 10.1 Å². The van der Waals surface area contributed by atoms with E-state index in [2.05, 4.69) is 0 Å². The third kappa shape index (κ3) is 2.17. The summed E-state index contributed by atoms with van der Waals surface area (Å²) in [6, 6.07) is 0. The van der Waals surface area contributed by atoms with Crippen LogP contribution in [0.1, 0.15) is 0 Å². The molecule has 17 heavy (non-hydrogen) atoms. The van der Waals surface area contributed by atoms with E-state index in [0.717, 1.165) is 0 Å². The molecule has 0 aromatic rings. The van der Waals surface area contributed by atoms with Gasteiger partial charge in [0.15, 0.2) is 0 Å². The molecule has 0 saturated heterocycles. The quantitative estimate of drug-likeness (QED) is 0.597. The Labute approximate surface area is 87.0 Å². The highest BCUT2D eigenvalue weighted by molar-refractivity contribution is 7.87. The number of hydrogen-bond donors (Lipinski definition) is 1. The van der Waals surface area contributed by atoms with Crippen LogP contribution < -0.4 is 0 Å². The van der Waals surface area contributed by atoms with Gasteiger partial charge in [0.2, 0.25) is 0 Å². The minimum atomic E-state index is -7.57. The molecule has 0 aromatic carbocycles. The second-order valence-electron chi connectivity index (χ2n) is 2.65. The van der Waals surface area contributed by atoms with Crippen LogP contribution >= 0.6 is 0 Å². The first-order valence-corrected chi connectivity index (χ1v) is 4.61. The van der Waals surface area contributed by atoms with Crippen LogP contribution in [0.5, 0.6) is 0 Å². The third-order valence-electron chi connectivity index (χ3n) is 1.58. The van der Waals surface area contributed by atoms with Gasteiger partial charge >= 0.3 is 23.3 Å². The molecule has 0 rings (SSSR count). The van der Waals surface area contributed by atoms with Crippen LogP contribution in [-0.2, 0) is 10.1 Å². The molecule has 0 fully saturated rings. The summed E-state index contributed by atoms with van der Waals surface area (Å²) in [5.41, 5.74) is 0. The van der Waals surface area contributed by atoms with Crippen molar-refractivity contribution in [3.05, 3.63) is 0 Å². The van der Waals surface area contributed by atoms with E-state index in [1.54, 1.807) is 0 Å². The highest BCUT2D eigenvalue weighted by atomic mass is 32.2. The van der Waals surface area contributed by atoms with Crippen molar-refractivity contribution in [2.24, 2.45) is 0 Å². The van der Waals surface area contributed by atoms with E-state index >= 15 is 0 Å². The van der Waals surface area contributed by atoms with Gasteiger partial charge in [-0.2, -0.15) is 47.9 Å². The molecule has 0 aliphatic rings. The Morgan fingerprint density at radius 1 is 0.647 bits per heavy atom. The maximum absolute atomic E-state index is 11.9. The van der Waals surface area contributed by atoms with E-state index in [1.165, 1.54) is 0 Å². The fourth-order valence-corrected chi connectivity index (χ4v) is 1.80. The van der Waals surface area contributed by atoms with Gasteiger partial charge in [-0.25, -0.2) is 0 Å². The van der Waals surface area contributed by atoms with Crippen molar-refractivity contribution < 1.29 is 52.5 Å². The molecule has 0 atom stereocenters. The van der Waals surface area contributed by atoms with Gasteiger partial charge in [0.05, 0.1) is 0 Å². The molecule has 0 saturated carbocycles. The number of halogens is 9. The highest BCUT2D eigenvalue weighted by Crippen LogP contribution is 2.56.